The SMILES string of the molecule is COc1ccc(/C=C2/N=C3N(N=C(N=C(N)N)N3c3ccccc3)C2=O)cc1. The van der Waals surface area contributed by atoms with Gasteiger partial charge < -0.3 is 16.2 Å². The molecule has 0 saturated heterocycles. The number of fused-ring (bicyclic) bond motifs is 1. The molecule has 2 aromatic carbocycles. The fraction of sp³-hybridized carbons (Fsp3) is 0.0526. The van der Waals surface area contributed by atoms with Crippen molar-refractivity contribution in [1.29, 1.82) is 0 Å². The van der Waals surface area contributed by atoms with E-state index in [-0.39, 0.29) is 23.5 Å². The summed E-state index contributed by atoms with van der Waals surface area (Å²) in [5.74, 6) is 0.682. The fourth-order valence-electron chi connectivity index (χ4n) is 2.81. The standard InChI is InChI=1S/C19H17N7O2/c1-28-14-9-7-12(8-10-14)11-15-16(27)26-19(22-15)25(13-5-3-2-4-6-13)18(24-26)23-17(20)21/h2-11H,1H3,(H4,20,21,23,24)/b15-11+. The van der Waals surface area contributed by atoms with E-state index in [1.165, 1.54) is 5.01 Å². The zero-order valence-corrected chi connectivity index (χ0v) is 15.0. The number of carbonyl (C=O) groups excluding carboxylic acids is 1. The first kappa shape index (κ1) is 17.3. The van der Waals surface area contributed by atoms with Crippen molar-refractivity contribution in [2.45, 2.75) is 0 Å². The van der Waals surface area contributed by atoms with E-state index in [0.717, 1.165) is 17.0 Å². The average molecular weight is 375 g/mol. The van der Waals surface area contributed by atoms with Crippen LogP contribution in [0.25, 0.3) is 6.08 Å². The number of hydrazone groups is 1. The molecule has 28 heavy (non-hydrogen) atoms. The summed E-state index contributed by atoms with van der Waals surface area (Å²) in [6.45, 7) is 0. The number of rotatable bonds is 3. The lowest BCUT2D eigenvalue weighted by atomic mass is 10.2. The van der Waals surface area contributed by atoms with Gasteiger partial charge in [0.1, 0.15) is 11.4 Å². The van der Waals surface area contributed by atoms with Gasteiger partial charge in [-0.05, 0) is 35.9 Å². The Balaban J connectivity index is 1.73. The topological polar surface area (TPSA) is 122 Å². The van der Waals surface area contributed by atoms with Crippen LogP contribution in [0.2, 0.25) is 0 Å². The fourth-order valence-corrected chi connectivity index (χ4v) is 2.81. The number of aliphatic imine (C=N–C) groups is 2. The van der Waals surface area contributed by atoms with Gasteiger partial charge in [0.05, 0.1) is 12.8 Å². The van der Waals surface area contributed by atoms with Gasteiger partial charge in [-0.15, -0.1) is 5.10 Å². The normalized spacial score (nSPS) is 16.8. The molecule has 2 aliphatic rings. The van der Waals surface area contributed by atoms with E-state index in [4.69, 9.17) is 16.2 Å². The van der Waals surface area contributed by atoms with Crippen LogP contribution in [0.15, 0.2) is 75.4 Å². The zero-order valence-electron chi connectivity index (χ0n) is 15.0. The molecule has 2 aliphatic heterocycles. The number of anilines is 1. The Bertz CT molecular complexity index is 1040. The highest BCUT2D eigenvalue weighted by molar-refractivity contribution is 6.30. The minimum absolute atomic E-state index is 0.164. The van der Waals surface area contributed by atoms with Crippen molar-refractivity contribution >= 4 is 35.5 Å². The van der Waals surface area contributed by atoms with Crippen molar-refractivity contribution in [1.82, 2.24) is 5.01 Å². The highest BCUT2D eigenvalue weighted by Gasteiger charge is 2.42. The molecule has 0 atom stereocenters. The maximum atomic E-state index is 12.8. The van der Waals surface area contributed by atoms with Crippen LogP contribution in [0.3, 0.4) is 0 Å². The summed E-state index contributed by atoms with van der Waals surface area (Å²) in [7, 11) is 1.60. The third-order valence-electron chi connectivity index (χ3n) is 4.07. The Morgan fingerprint density at radius 3 is 2.46 bits per heavy atom. The van der Waals surface area contributed by atoms with Gasteiger partial charge in [0.15, 0.2) is 5.96 Å². The van der Waals surface area contributed by atoms with Gasteiger partial charge in [-0.2, -0.15) is 10.0 Å². The van der Waals surface area contributed by atoms with E-state index in [0.29, 0.717) is 5.96 Å². The number of amides is 1. The van der Waals surface area contributed by atoms with Gasteiger partial charge in [-0.25, -0.2) is 9.89 Å². The molecule has 4 rings (SSSR count). The Labute approximate surface area is 160 Å². The monoisotopic (exact) mass is 375 g/mol. The van der Waals surface area contributed by atoms with Crippen LogP contribution in [-0.4, -0.2) is 35.9 Å². The van der Waals surface area contributed by atoms with E-state index in [1.807, 2.05) is 54.6 Å². The number of benzene rings is 2. The zero-order chi connectivity index (χ0) is 19.7. The van der Waals surface area contributed by atoms with Crippen LogP contribution in [0.5, 0.6) is 5.75 Å². The molecule has 0 unspecified atom stereocenters. The van der Waals surface area contributed by atoms with E-state index >= 15 is 0 Å². The van der Waals surface area contributed by atoms with E-state index < -0.39 is 0 Å². The van der Waals surface area contributed by atoms with Crippen molar-refractivity contribution < 1.29 is 9.53 Å². The van der Waals surface area contributed by atoms with Crippen molar-refractivity contribution in [3.8, 4) is 5.75 Å². The van der Waals surface area contributed by atoms with Crippen LogP contribution < -0.4 is 21.1 Å². The second-order valence-corrected chi connectivity index (χ2v) is 5.94. The number of hydrogen-bond acceptors (Lipinski definition) is 6. The lowest BCUT2D eigenvalue weighted by Gasteiger charge is -2.17. The number of nitrogens with zero attached hydrogens (tertiary/aromatic N) is 5. The number of hydrogen-bond donors (Lipinski definition) is 2. The van der Waals surface area contributed by atoms with Gasteiger partial charge >= 0.3 is 0 Å². The highest BCUT2D eigenvalue weighted by Crippen LogP contribution is 2.29. The lowest BCUT2D eigenvalue weighted by Crippen LogP contribution is -2.37. The largest absolute Gasteiger partial charge is 0.497 e. The highest BCUT2D eigenvalue weighted by atomic mass is 16.5. The van der Waals surface area contributed by atoms with E-state index in [1.54, 1.807) is 18.1 Å². The maximum Gasteiger partial charge on any atom is 0.300 e. The van der Waals surface area contributed by atoms with E-state index in [2.05, 4.69) is 15.1 Å². The predicted molar refractivity (Wildman–Crippen MR) is 107 cm³/mol. The molecule has 0 bridgehead atoms. The molecule has 0 spiro atoms. The molecule has 0 saturated carbocycles. The quantitative estimate of drug-likeness (QED) is 0.476. The summed E-state index contributed by atoms with van der Waals surface area (Å²) >= 11 is 0. The van der Waals surface area contributed by atoms with Crippen molar-refractivity contribution in [2.24, 2.45) is 26.6 Å². The molecule has 9 nitrogen and oxygen atoms in total. The van der Waals surface area contributed by atoms with Crippen molar-refractivity contribution in [2.75, 3.05) is 12.0 Å². The maximum absolute atomic E-state index is 12.8. The first-order valence-corrected chi connectivity index (χ1v) is 8.39. The van der Waals surface area contributed by atoms with E-state index in [9.17, 15) is 4.79 Å². The van der Waals surface area contributed by atoms with Crippen LogP contribution in [0, 0.1) is 0 Å². The summed E-state index contributed by atoms with van der Waals surface area (Å²) in [5, 5.41) is 5.42. The van der Waals surface area contributed by atoms with Crippen LogP contribution >= 0.6 is 0 Å². The van der Waals surface area contributed by atoms with Crippen molar-refractivity contribution in [3.63, 3.8) is 0 Å². The molecular formula is C19H17N7O2. The number of guanidine groups is 3. The molecule has 140 valence electrons. The Morgan fingerprint density at radius 2 is 1.82 bits per heavy atom. The Hall–Kier alpha value is -4.14. The molecule has 4 N–H and O–H groups in total. The molecule has 0 radical (unpaired) electrons. The average Bonchev–Trinajstić information content (AvgIpc) is 3.18. The predicted octanol–water partition coefficient (Wildman–Crippen LogP) is 1.30. The molecule has 0 aliphatic carbocycles. The third kappa shape index (κ3) is 3.05. The second kappa shape index (κ2) is 6.88. The van der Waals surface area contributed by atoms with Gasteiger partial charge in [-0.1, -0.05) is 30.3 Å². The molecule has 0 fully saturated rings. The minimum Gasteiger partial charge on any atom is -0.497 e. The smallest absolute Gasteiger partial charge is 0.300 e. The molecule has 9 heteroatoms. The number of methoxy groups -OCH3 is 1. The van der Waals surface area contributed by atoms with Crippen LogP contribution in [-0.2, 0) is 4.79 Å². The number of ether oxygens (including phenoxy) is 1. The second-order valence-electron chi connectivity index (χ2n) is 5.94. The summed E-state index contributed by atoms with van der Waals surface area (Å²) < 4.78 is 5.15. The summed E-state index contributed by atoms with van der Waals surface area (Å²) in [6.07, 6.45) is 1.69. The molecule has 2 aromatic rings. The van der Waals surface area contributed by atoms with Crippen LogP contribution in [0.4, 0.5) is 5.69 Å². The summed E-state index contributed by atoms with van der Waals surface area (Å²) in [5.41, 5.74) is 12.8. The first-order chi connectivity index (χ1) is 13.6. The van der Waals surface area contributed by atoms with Gasteiger partial charge in [0.25, 0.3) is 11.9 Å². The number of para-hydroxylation sites is 1. The van der Waals surface area contributed by atoms with Gasteiger partial charge in [-0.3, -0.25) is 4.79 Å². The number of nitrogens with two attached hydrogens (primary N) is 2. The summed E-state index contributed by atoms with van der Waals surface area (Å²) in [6, 6.07) is 16.6. The van der Waals surface area contributed by atoms with Crippen LogP contribution in [0.1, 0.15) is 5.56 Å². The molecular weight excluding hydrogens is 358 g/mol. The van der Waals surface area contributed by atoms with Gasteiger partial charge in [0.2, 0.25) is 5.96 Å². The van der Waals surface area contributed by atoms with Gasteiger partial charge in [0, 0.05) is 0 Å². The lowest BCUT2D eigenvalue weighted by molar-refractivity contribution is -0.122. The molecule has 1 amide bonds. The van der Waals surface area contributed by atoms with Crippen molar-refractivity contribution in [3.05, 3.63) is 65.9 Å². The molecule has 0 aromatic heterocycles. The third-order valence-corrected chi connectivity index (χ3v) is 4.07. The molecule has 2 heterocycles. The minimum atomic E-state index is -0.368. The summed E-state index contributed by atoms with van der Waals surface area (Å²) in [4.78, 5) is 22.9. The number of carbonyl (C=O) groups is 1. The Morgan fingerprint density at radius 1 is 1.11 bits per heavy atom. The Kier molecular flexibility index (Phi) is 4.24. The first-order valence-electron chi connectivity index (χ1n) is 8.39.